The molecule has 0 amide bonds. The maximum Gasteiger partial charge on any atom is 0.133 e. The van der Waals surface area contributed by atoms with Crippen molar-refractivity contribution in [3.05, 3.63) is 28.2 Å². The Bertz CT molecular complexity index is 419. The summed E-state index contributed by atoms with van der Waals surface area (Å²) in [4.78, 5) is 2.50. The molecule has 1 fully saturated rings. The van der Waals surface area contributed by atoms with Crippen molar-refractivity contribution in [1.82, 2.24) is 10.2 Å². The predicted molar refractivity (Wildman–Crippen MR) is 91.9 cm³/mol. The number of hydrogen-bond donors (Lipinski definition) is 1. The average Bonchev–Trinajstić information content (AvgIpc) is 2.51. The number of hydrogen-bond acceptors (Lipinski definition) is 3. The molecule has 0 bridgehead atoms. The highest BCUT2D eigenvalue weighted by Gasteiger charge is 2.10. The standard InChI is InChI=1S/C17H27BrN2O/c1-2-8-19-14-15-6-7-17(16(18)13-15)21-12-11-20-9-4-3-5-10-20/h6-7,13,19H,2-5,8-12,14H2,1H3. The van der Waals surface area contributed by atoms with Crippen LogP contribution in [0, 0.1) is 0 Å². The van der Waals surface area contributed by atoms with Gasteiger partial charge in [-0.1, -0.05) is 19.4 Å². The number of likely N-dealkylation sites (tertiary alicyclic amines) is 1. The number of halogens is 1. The van der Waals surface area contributed by atoms with E-state index in [2.05, 4.69) is 51.3 Å². The Morgan fingerprint density at radius 1 is 1.24 bits per heavy atom. The maximum absolute atomic E-state index is 5.91. The van der Waals surface area contributed by atoms with Gasteiger partial charge in [0, 0.05) is 13.1 Å². The van der Waals surface area contributed by atoms with Gasteiger partial charge in [0.2, 0.25) is 0 Å². The molecule has 1 aromatic carbocycles. The van der Waals surface area contributed by atoms with Crippen LogP contribution in [0.2, 0.25) is 0 Å². The fourth-order valence-corrected chi connectivity index (χ4v) is 3.19. The number of nitrogens with one attached hydrogen (secondary N) is 1. The number of nitrogens with zero attached hydrogens (tertiary/aromatic N) is 1. The second-order valence-corrected chi connectivity index (χ2v) is 6.55. The van der Waals surface area contributed by atoms with E-state index < -0.39 is 0 Å². The average molecular weight is 355 g/mol. The van der Waals surface area contributed by atoms with Gasteiger partial charge in [-0.25, -0.2) is 0 Å². The number of piperidine rings is 1. The molecular formula is C17H27BrN2O. The van der Waals surface area contributed by atoms with Crippen LogP contribution >= 0.6 is 15.9 Å². The minimum atomic E-state index is 0.770. The van der Waals surface area contributed by atoms with Crippen LogP contribution in [-0.4, -0.2) is 37.7 Å². The van der Waals surface area contributed by atoms with Crippen molar-refractivity contribution in [2.24, 2.45) is 0 Å². The molecule has 1 saturated heterocycles. The Morgan fingerprint density at radius 3 is 2.76 bits per heavy atom. The largest absolute Gasteiger partial charge is 0.491 e. The van der Waals surface area contributed by atoms with E-state index in [0.717, 1.165) is 36.5 Å². The summed E-state index contributed by atoms with van der Waals surface area (Å²) in [7, 11) is 0. The Labute approximate surface area is 137 Å². The van der Waals surface area contributed by atoms with E-state index in [9.17, 15) is 0 Å². The lowest BCUT2D eigenvalue weighted by Gasteiger charge is -2.26. The SMILES string of the molecule is CCCNCc1ccc(OCCN2CCCCC2)c(Br)c1. The highest BCUT2D eigenvalue weighted by molar-refractivity contribution is 9.10. The first kappa shape index (κ1) is 16.8. The predicted octanol–water partition coefficient (Wildman–Crippen LogP) is 3.81. The van der Waals surface area contributed by atoms with E-state index in [1.54, 1.807) is 0 Å². The van der Waals surface area contributed by atoms with Gasteiger partial charge in [0.1, 0.15) is 12.4 Å². The first-order chi connectivity index (χ1) is 10.3. The molecule has 1 aliphatic rings. The lowest BCUT2D eigenvalue weighted by atomic mass is 10.1. The molecule has 1 aliphatic heterocycles. The van der Waals surface area contributed by atoms with Crippen molar-refractivity contribution >= 4 is 15.9 Å². The van der Waals surface area contributed by atoms with Crippen molar-refractivity contribution in [3.63, 3.8) is 0 Å². The monoisotopic (exact) mass is 354 g/mol. The summed E-state index contributed by atoms with van der Waals surface area (Å²) in [6.07, 6.45) is 5.22. The maximum atomic E-state index is 5.91. The lowest BCUT2D eigenvalue weighted by Crippen LogP contribution is -2.33. The Balaban J connectivity index is 1.74. The Kier molecular flexibility index (Phi) is 7.54. The molecule has 0 spiro atoms. The zero-order valence-electron chi connectivity index (χ0n) is 13.0. The third-order valence-corrected chi connectivity index (χ3v) is 4.49. The van der Waals surface area contributed by atoms with Crippen LogP contribution in [0.15, 0.2) is 22.7 Å². The summed E-state index contributed by atoms with van der Waals surface area (Å²) in [5, 5.41) is 3.42. The number of ether oxygens (including phenoxy) is 1. The summed E-state index contributed by atoms with van der Waals surface area (Å²) in [6, 6.07) is 6.37. The van der Waals surface area contributed by atoms with Gasteiger partial charge in [-0.2, -0.15) is 0 Å². The normalized spacial score (nSPS) is 16.1. The summed E-state index contributed by atoms with van der Waals surface area (Å²) in [6.45, 7) is 8.42. The number of rotatable bonds is 8. The van der Waals surface area contributed by atoms with Crippen LogP contribution in [0.3, 0.4) is 0 Å². The summed E-state index contributed by atoms with van der Waals surface area (Å²) in [5.41, 5.74) is 1.29. The first-order valence-corrected chi connectivity index (χ1v) is 8.93. The Morgan fingerprint density at radius 2 is 2.05 bits per heavy atom. The molecule has 4 heteroatoms. The zero-order valence-corrected chi connectivity index (χ0v) is 14.6. The fourth-order valence-electron chi connectivity index (χ4n) is 2.65. The highest BCUT2D eigenvalue weighted by atomic mass is 79.9. The van der Waals surface area contributed by atoms with Gasteiger partial charge in [-0.15, -0.1) is 0 Å². The van der Waals surface area contributed by atoms with Gasteiger partial charge < -0.3 is 10.1 Å². The molecule has 1 N–H and O–H groups in total. The van der Waals surface area contributed by atoms with Crippen molar-refractivity contribution in [2.45, 2.75) is 39.2 Å². The van der Waals surface area contributed by atoms with Crippen LogP contribution < -0.4 is 10.1 Å². The molecule has 2 rings (SSSR count). The van der Waals surface area contributed by atoms with E-state index >= 15 is 0 Å². The van der Waals surface area contributed by atoms with E-state index in [1.807, 2.05) is 0 Å². The molecule has 0 aromatic heterocycles. The van der Waals surface area contributed by atoms with Crippen LogP contribution in [-0.2, 0) is 6.54 Å². The summed E-state index contributed by atoms with van der Waals surface area (Å²) < 4.78 is 6.96. The molecule has 0 unspecified atom stereocenters. The second-order valence-electron chi connectivity index (χ2n) is 5.69. The molecule has 1 heterocycles. The third-order valence-electron chi connectivity index (χ3n) is 3.87. The van der Waals surface area contributed by atoms with Gasteiger partial charge >= 0.3 is 0 Å². The molecule has 0 saturated carbocycles. The number of benzene rings is 1. The lowest BCUT2D eigenvalue weighted by molar-refractivity contribution is 0.183. The third kappa shape index (κ3) is 5.97. The highest BCUT2D eigenvalue weighted by Crippen LogP contribution is 2.26. The fraction of sp³-hybridized carbons (Fsp3) is 0.647. The molecule has 1 aromatic rings. The van der Waals surface area contributed by atoms with Crippen molar-refractivity contribution in [1.29, 1.82) is 0 Å². The quantitative estimate of drug-likeness (QED) is 0.718. The van der Waals surface area contributed by atoms with Crippen molar-refractivity contribution in [2.75, 3.05) is 32.8 Å². The molecule has 0 atom stereocenters. The molecule has 0 aliphatic carbocycles. The molecule has 118 valence electrons. The molecular weight excluding hydrogens is 328 g/mol. The molecule has 0 radical (unpaired) electrons. The van der Waals surface area contributed by atoms with E-state index in [1.165, 1.54) is 44.3 Å². The smallest absolute Gasteiger partial charge is 0.133 e. The Hall–Kier alpha value is -0.580. The second kappa shape index (κ2) is 9.44. The topological polar surface area (TPSA) is 24.5 Å². The summed E-state index contributed by atoms with van der Waals surface area (Å²) in [5.74, 6) is 0.950. The van der Waals surface area contributed by atoms with Crippen molar-refractivity contribution in [3.8, 4) is 5.75 Å². The van der Waals surface area contributed by atoms with Crippen LogP contribution in [0.25, 0.3) is 0 Å². The first-order valence-electron chi connectivity index (χ1n) is 8.14. The van der Waals surface area contributed by atoms with E-state index in [0.29, 0.717) is 0 Å². The van der Waals surface area contributed by atoms with Gasteiger partial charge in [-0.3, -0.25) is 4.90 Å². The van der Waals surface area contributed by atoms with E-state index in [-0.39, 0.29) is 0 Å². The summed E-state index contributed by atoms with van der Waals surface area (Å²) >= 11 is 3.62. The van der Waals surface area contributed by atoms with Crippen LogP contribution in [0.4, 0.5) is 0 Å². The van der Waals surface area contributed by atoms with Crippen LogP contribution in [0.1, 0.15) is 38.2 Å². The van der Waals surface area contributed by atoms with E-state index in [4.69, 9.17) is 4.74 Å². The zero-order chi connectivity index (χ0) is 14.9. The van der Waals surface area contributed by atoms with Gasteiger partial charge in [0.05, 0.1) is 4.47 Å². The van der Waals surface area contributed by atoms with Gasteiger partial charge in [-0.05, 0) is 72.5 Å². The van der Waals surface area contributed by atoms with Crippen LogP contribution in [0.5, 0.6) is 5.75 Å². The molecule has 3 nitrogen and oxygen atoms in total. The minimum absolute atomic E-state index is 0.770. The van der Waals surface area contributed by atoms with Gasteiger partial charge in [0.15, 0.2) is 0 Å². The van der Waals surface area contributed by atoms with Gasteiger partial charge in [0.25, 0.3) is 0 Å². The van der Waals surface area contributed by atoms with Crippen molar-refractivity contribution < 1.29 is 4.74 Å². The molecule has 21 heavy (non-hydrogen) atoms. The minimum Gasteiger partial charge on any atom is -0.491 e.